The van der Waals surface area contributed by atoms with Crippen molar-refractivity contribution < 1.29 is 14.6 Å². The van der Waals surface area contributed by atoms with Crippen molar-refractivity contribution in [1.29, 1.82) is 0 Å². The summed E-state index contributed by atoms with van der Waals surface area (Å²) in [7, 11) is 0. The summed E-state index contributed by atoms with van der Waals surface area (Å²) in [5.41, 5.74) is 1.71. The van der Waals surface area contributed by atoms with Crippen LogP contribution in [0.4, 0.5) is 0 Å². The molecule has 0 saturated heterocycles. The van der Waals surface area contributed by atoms with Crippen LogP contribution in [0.1, 0.15) is 17.0 Å². The molecule has 0 aliphatic carbocycles. The van der Waals surface area contributed by atoms with E-state index in [2.05, 4.69) is 15.9 Å². The number of benzene rings is 3. The molecule has 4 heteroatoms. The summed E-state index contributed by atoms with van der Waals surface area (Å²) in [5.74, 6) is 0.0478. The lowest BCUT2D eigenvalue weighted by Gasteiger charge is -2.11. The van der Waals surface area contributed by atoms with Crippen LogP contribution in [0.3, 0.4) is 0 Å². The highest BCUT2D eigenvalue weighted by Crippen LogP contribution is 2.44. The topological polar surface area (TPSA) is 46.5 Å². The van der Waals surface area contributed by atoms with Gasteiger partial charge in [-0.1, -0.05) is 40.2 Å². The maximum absolute atomic E-state index is 12.3. The van der Waals surface area contributed by atoms with Crippen molar-refractivity contribution in [2.75, 3.05) is 0 Å². The van der Waals surface area contributed by atoms with E-state index in [1.165, 1.54) is 0 Å². The Bertz CT molecular complexity index is 900. The van der Waals surface area contributed by atoms with Crippen molar-refractivity contribution in [1.82, 2.24) is 0 Å². The Morgan fingerprint density at radius 3 is 2.55 bits per heavy atom. The highest BCUT2D eigenvalue weighted by Gasteiger charge is 2.35. The van der Waals surface area contributed by atoms with Gasteiger partial charge in [0.25, 0.3) is 0 Å². The molecular weight excluding hydrogens is 344 g/mol. The number of fused-ring (bicyclic) bond motifs is 3. The second kappa shape index (κ2) is 4.85. The summed E-state index contributed by atoms with van der Waals surface area (Å²) >= 11 is 3.47. The van der Waals surface area contributed by atoms with Crippen LogP contribution in [-0.2, 0) is 4.79 Å². The summed E-state index contributed by atoms with van der Waals surface area (Å²) < 4.78 is 6.42. The number of esters is 1. The smallest absolute Gasteiger partial charge is 0.323 e. The molecule has 0 saturated carbocycles. The SMILES string of the molecule is O=C1Oc2ccc3cc(Br)ccc3c2C1c1ccc(O)cc1. The Kier molecular flexibility index (Phi) is 2.94. The van der Waals surface area contributed by atoms with Crippen LogP contribution in [0.25, 0.3) is 10.8 Å². The maximum Gasteiger partial charge on any atom is 0.323 e. The molecule has 4 rings (SSSR count). The molecule has 1 aliphatic rings. The van der Waals surface area contributed by atoms with E-state index in [1.54, 1.807) is 24.3 Å². The molecule has 1 unspecified atom stereocenters. The second-order valence-electron chi connectivity index (χ2n) is 5.29. The zero-order chi connectivity index (χ0) is 15.3. The molecule has 1 heterocycles. The number of phenolic OH excluding ortho intramolecular Hbond substituents is 1. The average molecular weight is 355 g/mol. The van der Waals surface area contributed by atoms with Gasteiger partial charge in [-0.3, -0.25) is 4.79 Å². The van der Waals surface area contributed by atoms with Crippen molar-refractivity contribution >= 4 is 32.7 Å². The summed E-state index contributed by atoms with van der Waals surface area (Å²) in [6.45, 7) is 0. The Labute approximate surface area is 135 Å². The molecule has 0 fully saturated rings. The molecule has 0 aromatic heterocycles. The molecule has 0 amide bonds. The highest BCUT2D eigenvalue weighted by molar-refractivity contribution is 9.10. The third-order valence-electron chi connectivity index (χ3n) is 3.94. The molecule has 108 valence electrons. The van der Waals surface area contributed by atoms with Gasteiger partial charge in [0.15, 0.2) is 0 Å². The average Bonchev–Trinajstić information content (AvgIpc) is 2.84. The van der Waals surface area contributed by atoms with Gasteiger partial charge in [-0.2, -0.15) is 0 Å². The van der Waals surface area contributed by atoms with Crippen molar-refractivity contribution in [2.24, 2.45) is 0 Å². The van der Waals surface area contributed by atoms with Crippen molar-refractivity contribution in [3.8, 4) is 11.5 Å². The molecule has 1 N–H and O–H groups in total. The van der Waals surface area contributed by atoms with Gasteiger partial charge >= 0.3 is 5.97 Å². The number of hydrogen-bond acceptors (Lipinski definition) is 3. The minimum absolute atomic E-state index is 0.178. The maximum atomic E-state index is 12.3. The molecule has 3 aromatic carbocycles. The molecule has 3 nitrogen and oxygen atoms in total. The predicted molar refractivity (Wildman–Crippen MR) is 87.2 cm³/mol. The van der Waals surface area contributed by atoms with E-state index in [1.807, 2.05) is 30.3 Å². The normalized spacial score (nSPS) is 16.6. The van der Waals surface area contributed by atoms with Gasteiger partial charge in [0.1, 0.15) is 17.4 Å². The number of ether oxygens (including phenoxy) is 1. The lowest BCUT2D eigenvalue weighted by Crippen LogP contribution is -2.11. The first-order valence-corrected chi connectivity index (χ1v) is 7.65. The molecule has 22 heavy (non-hydrogen) atoms. The first-order valence-electron chi connectivity index (χ1n) is 6.86. The standard InChI is InChI=1S/C18H11BrO3/c19-12-4-7-14-11(9-12)3-8-15-17(14)16(18(21)22-15)10-1-5-13(20)6-2-10/h1-9,16,20H. The molecule has 3 aromatic rings. The van der Waals surface area contributed by atoms with E-state index < -0.39 is 5.92 Å². The van der Waals surface area contributed by atoms with Gasteiger partial charge in [0, 0.05) is 10.0 Å². The van der Waals surface area contributed by atoms with Crippen LogP contribution in [0, 0.1) is 0 Å². The Morgan fingerprint density at radius 2 is 1.77 bits per heavy atom. The first-order chi connectivity index (χ1) is 10.6. The van der Waals surface area contributed by atoms with Crippen molar-refractivity contribution in [3.63, 3.8) is 0 Å². The van der Waals surface area contributed by atoms with Crippen LogP contribution in [0.2, 0.25) is 0 Å². The number of carbonyl (C=O) groups excluding carboxylic acids is 1. The van der Waals surface area contributed by atoms with Crippen molar-refractivity contribution in [2.45, 2.75) is 5.92 Å². The second-order valence-corrected chi connectivity index (χ2v) is 6.20. The summed E-state index contributed by atoms with van der Waals surface area (Å²) in [5, 5.41) is 11.5. The number of aromatic hydroxyl groups is 1. The van der Waals surface area contributed by atoms with Crippen molar-refractivity contribution in [3.05, 3.63) is 70.2 Å². The van der Waals surface area contributed by atoms with Crippen LogP contribution < -0.4 is 4.74 Å². The Hall–Kier alpha value is -2.33. The van der Waals surface area contributed by atoms with E-state index in [0.29, 0.717) is 5.75 Å². The lowest BCUT2D eigenvalue weighted by molar-refractivity contribution is -0.133. The number of phenols is 1. The van der Waals surface area contributed by atoms with E-state index in [9.17, 15) is 9.90 Å². The van der Waals surface area contributed by atoms with Gasteiger partial charge in [-0.25, -0.2) is 0 Å². The van der Waals surface area contributed by atoms with E-state index in [-0.39, 0.29) is 11.7 Å². The third-order valence-corrected chi connectivity index (χ3v) is 4.44. The molecular formula is C18H11BrO3. The van der Waals surface area contributed by atoms with Gasteiger partial charge < -0.3 is 9.84 Å². The van der Waals surface area contributed by atoms with E-state index >= 15 is 0 Å². The zero-order valence-corrected chi connectivity index (χ0v) is 13.0. The number of hydrogen-bond donors (Lipinski definition) is 1. The zero-order valence-electron chi connectivity index (χ0n) is 11.4. The predicted octanol–water partition coefficient (Wildman–Crippen LogP) is 4.36. The summed E-state index contributed by atoms with van der Waals surface area (Å²) in [6, 6.07) is 16.4. The summed E-state index contributed by atoms with van der Waals surface area (Å²) in [4.78, 5) is 12.3. The number of rotatable bonds is 1. The van der Waals surface area contributed by atoms with E-state index in [4.69, 9.17) is 4.74 Å². The molecule has 1 atom stereocenters. The molecule has 0 spiro atoms. The van der Waals surface area contributed by atoms with Crippen LogP contribution >= 0.6 is 15.9 Å². The largest absolute Gasteiger partial charge is 0.508 e. The summed E-state index contributed by atoms with van der Waals surface area (Å²) in [6.07, 6.45) is 0. The molecule has 0 bridgehead atoms. The first kappa shape index (κ1) is 13.3. The van der Waals surface area contributed by atoms with Crippen LogP contribution in [-0.4, -0.2) is 11.1 Å². The number of halogens is 1. The lowest BCUT2D eigenvalue weighted by atomic mass is 9.89. The van der Waals surface area contributed by atoms with Gasteiger partial charge in [0.05, 0.1) is 0 Å². The Morgan fingerprint density at radius 1 is 1.00 bits per heavy atom. The minimum Gasteiger partial charge on any atom is -0.508 e. The fraction of sp³-hybridized carbons (Fsp3) is 0.0556. The molecule has 1 aliphatic heterocycles. The minimum atomic E-state index is -0.458. The van der Waals surface area contributed by atoms with Gasteiger partial charge in [-0.05, 0) is 46.7 Å². The third kappa shape index (κ3) is 1.99. The number of carbonyl (C=O) groups is 1. The quantitative estimate of drug-likeness (QED) is 0.521. The van der Waals surface area contributed by atoms with Gasteiger partial charge in [0.2, 0.25) is 0 Å². The monoisotopic (exact) mass is 354 g/mol. The van der Waals surface area contributed by atoms with Gasteiger partial charge in [-0.15, -0.1) is 0 Å². The Balaban J connectivity index is 1.97. The fourth-order valence-corrected chi connectivity index (χ4v) is 3.32. The van der Waals surface area contributed by atoms with Crippen LogP contribution in [0.15, 0.2) is 59.1 Å². The fourth-order valence-electron chi connectivity index (χ4n) is 2.95. The highest BCUT2D eigenvalue weighted by atomic mass is 79.9. The molecule has 0 radical (unpaired) electrons. The van der Waals surface area contributed by atoms with E-state index in [0.717, 1.165) is 26.4 Å². The van der Waals surface area contributed by atoms with Crippen LogP contribution in [0.5, 0.6) is 11.5 Å².